The van der Waals surface area contributed by atoms with E-state index in [9.17, 15) is 0 Å². The van der Waals surface area contributed by atoms with Gasteiger partial charge in [0, 0.05) is 19.2 Å². The highest BCUT2D eigenvalue weighted by Crippen LogP contribution is 2.25. The lowest BCUT2D eigenvalue weighted by molar-refractivity contribution is 0.253. The standard InChI is InChI=1S/C14H23N3O/c1-3-18-13-7-4-6-12(17-13)16-11-14(2)8-5-9-15-10-14/h4,6-7,15H,3,5,8-11H2,1-2H3,(H,16,17). The SMILES string of the molecule is CCOc1cccc(NCC2(C)CCCNC2)n1. The van der Waals surface area contributed by atoms with Crippen molar-refractivity contribution in [2.24, 2.45) is 5.41 Å². The molecule has 4 nitrogen and oxygen atoms in total. The fourth-order valence-corrected chi connectivity index (χ4v) is 2.32. The van der Waals surface area contributed by atoms with Crippen LogP contribution in [-0.2, 0) is 0 Å². The van der Waals surface area contributed by atoms with E-state index >= 15 is 0 Å². The van der Waals surface area contributed by atoms with Crippen LogP contribution in [0, 0.1) is 5.41 Å². The van der Waals surface area contributed by atoms with E-state index in [1.165, 1.54) is 12.8 Å². The van der Waals surface area contributed by atoms with Gasteiger partial charge in [-0.2, -0.15) is 4.98 Å². The van der Waals surface area contributed by atoms with E-state index in [1.54, 1.807) is 0 Å². The minimum Gasteiger partial charge on any atom is -0.478 e. The van der Waals surface area contributed by atoms with Crippen LogP contribution in [0.3, 0.4) is 0 Å². The molecule has 0 spiro atoms. The summed E-state index contributed by atoms with van der Waals surface area (Å²) in [6.45, 7) is 8.11. The number of aromatic nitrogens is 1. The molecule has 0 aliphatic carbocycles. The van der Waals surface area contributed by atoms with Crippen LogP contribution in [0.15, 0.2) is 18.2 Å². The van der Waals surface area contributed by atoms with Crippen molar-refractivity contribution in [2.75, 3.05) is 31.6 Å². The number of anilines is 1. The molecule has 0 saturated carbocycles. The third-order valence-electron chi connectivity index (χ3n) is 3.40. The topological polar surface area (TPSA) is 46.2 Å². The zero-order valence-electron chi connectivity index (χ0n) is 11.3. The summed E-state index contributed by atoms with van der Waals surface area (Å²) in [5.74, 6) is 1.59. The van der Waals surface area contributed by atoms with Gasteiger partial charge in [0.2, 0.25) is 5.88 Å². The second-order valence-corrected chi connectivity index (χ2v) is 5.24. The Labute approximate surface area is 109 Å². The summed E-state index contributed by atoms with van der Waals surface area (Å²) < 4.78 is 5.40. The van der Waals surface area contributed by atoms with E-state index in [-0.39, 0.29) is 0 Å². The van der Waals surface area contributed by atoms with E-state index in [0.29, 0.717) is 17.9 Å². The molecular weight excluding hydrogens is 226 g/mol. The van der Waals surface area contributed by atoms with Crippen LogP contribution < -0.4 is 15.4 Å². The average Bonchev–Trinajstić information content (AvgIpc) is 2.38. The van der Waals surface area contributed by atoms with Crippen LogP contribution >= 0.6 is 0 Å². The molecule has 2 rings (SSSR count). The summed E-state index contributed by atoms with van der Waals surface area (Å²) in [4.78, 5) is 4.42. The number of hydrogen-bond acceptors (Lipinski definition) is 4. The zero-order chi connectivity index (χ0) is 12.8. The van der Waals surface area contributed by atoms with Crippen molar-refractivity contribution in [3.63, 3.8) is 0 Å². The Morgan fingerprint density at radius 2 is 2.39 bits per heavy atom. The van der Waals surface area contributed by atoms with Crippen molar-refractivity contribution in [2.45, 2.75) is 26.7 Å². The lowest BCUT2D eigenvalue weighted by Gasteiger charge is -2.34. The van der Waals surface area contributed by atoms with Crippen molar-refractivity contribution in [3.05, 3.63) is 18.2 Å². The van der Waals surface area contributed by atoms with Gasteiger partial charge in [-0.05, 0) is 37.8 Å². The normalized spacial score (nSPS) is 23.7. The molecule has 1 saturated heterocycles. The van der Waals surface area contributed by atoms with E-state index in [0.717, 1.165) is 25.5 Å². The van der Waals surface area contributed by atoms with Crippen LogP contribution in [0.4, 0.5) is 5.82 Å². The molecule has 0 amide bonds. The minimum atomic E-state index is 0.321. The number of rotatable bonds is 5. The van der Waals surface area contributed by atoms with Crippen LogP contribution in [0.5, 0.6) is 5.88 Å². The molecule has 1 aromatic rings. The molecule has 1 aliphatic heterocycles. The Bertz CT molecular complexity index is 375. The Morgan fingerprint density at radius 1 is 1.50 bits per heavy atom. The molecule has 4 heteroatoms. The zero-order valence-corrected chi connectivity index (χ0v) is 11.3. The van der Waals surface area contributed by atoms with Crippen LogP contribution in [0.2, 0.25) is 0 Å². The Balaban J connectivity index is 1.90. The number of nitrogens with one attached hydrogen (secondary N) is 2. The van der Waals surface area contributed by atoms with Crippen molar-refractivity contribution < 1.29 is 4.74 Å². The molecule has 0 bridgehead atoms. The van der Waals surface area contributed by atoms with Gasteiger partial charge in [-0.1, -0.05) is 13.0 Å². The second kappa shape index (κ2) is 6.05. The molecule has 1 fully saturated rings. The summed E-state index contributed by atoms with van der Waals surface area (Å²) in [6.07, 6.45) is 2.52. The first kappa shape index (κ1) is 13.1. The fourth-order valence-electron chi connectivity index (χ4n) is 2.32. The van der Waals surface area contributed by atoms with Crippen LogP contribution in [-0.4, -0.2) is 31.2 Å². The van der Waals surface area contributed by atoms with Gasteiger partial charge >= 0.3 is 0 Å². The maximum Gasteiger partial charge on any atom is 0.215 e. The lowest BCUT2D eigenvalue weighted by atomic mass is 9.83. The third-order valence-corrected chi connectivity index (χ3v) is 3.40. The summed E-state index contributed by atoms with van der Waals surface area (Å²) in [5, 5.41) is 6.88. The molecule has 2 N–H and O–H groups in total. The van der Waals surface area contributed by atoms with Crippen LogP contribution in [0.25, 0.3) is 0 Å². The fraction of sp³-hybridized carbons (Fsp3) is 0.643. The molecule has 0 aromatic carbocycles. The van der Waals surface area contributed by atoms with E-state index in [1.807, 2.05) is 25.1 Å². The Kier molecular flexibility index (Phi) is 4.42. The van der Waals surface area contributed by atoms with E-state index in [2.05, 4.69) is 22.5 Å². The average molecular weight is 249 g/mol. The number of pyridine rings is 1. The van der Waals surface area contributed by atoms with Crippen molar-refractivity contribution >= 4 is 5.82 Å². The second-order valence-electron chi connectivity index (χ2n) is 5.24. The first-order chi connectivity index (χ1) is 8.72. The quantitative estimate of drug-likeness (QED) is 0.840. The molecule has 18 heavy (non-hydrogen) atoms. The summed E-state index contributed by atoms with van der Waals surface area (Å²) in [5.41, 5.74) is 0.321. The maximum absolute atomic E-state index is 5.40. The Morgan fingerprint density at radius 3 is 3.11 bits per heavy atom. The van der Waals surface area contributed by atoms with E-state index in [4.69, 9.17) is 4.74 Å². The molecule has 100 valence electrons. The number of ether oxygens (including phenoxy) is 1. The smallest absolute Gasteiger partial charge is 0.215 e. The van der Waals surface area contributed by atoms with Gasteiger partial charge in [0.05, 0.1) is 6.61 Å². The van der Waals surface area contributed by atoms with Crippen LogP contribution in [0.1, 0.15) is 26.7 Å². The highest BCUT2D eigenvalue weighted by Gasteiger charge is 2.26. The number of hydrogen-bond donors (Lipinski definition) is 2. The predicted molar refractivity (Wildman–Crippen MR) is 74.1 cm³/mol. The lowest BCUT2D eigenvalue weighted by Crippen LogP contribution is -2.42. The maximum atomic E-state index is 5.40. The van der Waals surface area contributed by atoms with Gasteiger partial charge < -0.3 is 15.4 Å². The van der Waals surface area contributed by atoms with Gasteiger partial charge in [-0.25, -0.2) is 0 Å². The Hall–Kier alpha value is -1.29. The minimum absolute atomic E-state index is 0.321. The largest absolute Gasteiger partial charge is 0.478 e. The molecule has 1 aliphatic rings. The van der Waals surface area contributed by atoms with Crippen molar-refractivity contribution in [3.8, 4) is 5.88 Å². The first-order valence-electron chi connectivity index (χ1n) is 6.76. The summed E-state index contributed by atoms with van der Waals surface area (Å²) in [6, 6.07) is 5.85. The predicted octanol–water partition coefficient (Wildman–Crippen LogP) is 2.28. The number of nitrogens with zero attached hydrogens (tertiary/aromatic N) is 1. The van der Waals surface area contributed by atoms with Crippen molar-refractivity contribution in [1.82, 2.24) is 10.3 Å². The van der Waals surface area contributed by atoms with Gasteiger partial charge in [0.1, 0.15) is 5.82 Å². The highest BCUT2D eigenvalue weighted by molar-refractivity contribution is 5.37. The molecule has 1 unspecified atom stereocenters. The number of piperidine rings is 1. The summed E-state index contributed by atoms with van der Waals surface area (Å²) in [7, 11) is 0. The molecular formula is C14H23N3O. The van der Waals surface area contributed by atoms with Gasteiger partial charge in [0.15, 0.2) is 0 Å². The molecule has 1 atom stereocenters. The van der Waals surface area contributed by atoms with Crippen molar-refractivity contribution in [1.29, 1.82) is 0 Å². The van der Waals surface area contributed by atoms with Gasteiger partial charge in [0.25, 0.3) is 0 Å². The third kappa shape index (κ3) is 3.60. The highest BCUT2D eigenvalue weighted by atomic mass is 16.5. The molecule has 0 radical (unpaired) electrons. The monoisotopic (exact) mass is 249 g/mol. The molecule has 1 aromatic heterocycles. The summed E-state index contributed by atoms with van der Waals surface area (Å²) >= 11 is 0. The van der Waals surface area contributed by atoms with Gasteiger partial charge in [-0.15, -0.1) is 0 Å². The first-order valence-corrected chi connectivity index (χ1v) is 6.76. The van der Waals surface area contributed by atoms with E-state index < -0.39 is 0 Å². The molecule has 2 heterocycles. The van der Waals surface area contributed by atoms with Gasteiger partial charge in [-0.3, -0.25) is 0 Å².